The Balaban J connectivity index is 1.85. The average Bonchev–Trinajstić information content (AvgIpc) is 2.54. The van der Waals surface area contributed by atoms with Crippen molar-refractivity contribution < 1.29 is 4.74 Å². The Hall–Kier alpha value is -1.78. The van der Waals surface area contributed by atoms with Gasteiger partial charge in [-0.25, -0.2) is 0 Å². The molecule has 23 heavy (non-hydrogen) atoms. The average molecular weight is 349 g/mol. The number of rotatable bonds is 6. The van der Waals surface area contributed by atoms with E-state index in [1.807, 2.05) is 12.1 Å². The fourth-order valence-corrected chi connectivity index (χ4v) is 2.74. The number of hydrogen-bond donors (Lipinski definition) is 2. The number of nitrogens with one attached hydrogen (secondary N) is 2. The summed E-state index contributed by atoms with van der Waals surface area (Å²) in [6.07, 6.45) is 2.01. The third kappa shape index (κ3) is 5.73. The predicted octanol–water partition coefficient (Wildman–Crippen LogP) is 4.66. The molecule has 0 radical (unpaired) electrons. The summed E-state index contributed by atoms with van der Waals surface area (Å²) in [5, 5.41) is 7.63. The highest BCUT2D eigenvalue weighted by Gasteiger charge is 2.08. The lowest BCUT2D eigenvalue weighted by Gasteiger charge is -2.18. The summed E-state index contributed by atoms with van der Waals surface area (Å²) in [6.45, 7) is 2.12. The normalized spacial score (nSPS) is 11.6. The zero-order valence-corrected chi connectivity index (χ0v) is 14.9. The first kappa shape index (κ1) is 17.6. The van der Waals surface area contributed by atoms with Gasteiger partial charge in [0.05, 0.1) is 12.8 Å². The number of ether oxygens (including phenoxy) is 1. The number of anilines is 1. The van der Waals surface area contributed by atoms with Gasteiger partial charge in [0.2, 0.25) is 0 Å². The van der Waals surface area contributed by atoms with Crippen LogP contribution in [0.5, 0.6) is 5.75 Å². The van der Waals surface area contributed by atoms with Crippen molar-refractivity contribution in [3.8, 4) is 5.75 Å². The standard InChI is InChI=1S/C18H21ClN2OS/c1-13(8-9-14-6-4-3-5-7-14)20-18(23)21-16-12-15(19)10-11-17(16)22-2/h3-7,10-13H,8-9H2,1-2H3,(H2,20,21,23). The summed E-state index contributed by atoms with van der Waals surface area (Å²) in [5.41, 5.74) is 2.09. The van der Waals surface area contributed by atoms with E-state index in [-0.39, 0.29) is 6.04 Å². The molecule has 3 nitrogen and oxygen atoms in total. The monoisotopic (exact) mass is 348 g/mol. The van der Waals surface area contributed by atoms with Crippen molar-refractivity contribution >= 4 is 34.6 Å². The fraction of sp³-hybridized carbons (Fsp3) is 0.278. The van der Waals surface area contributed by atoms with Crippen LogP contribution in [0.2, 0.25) is 5.02 Å². The molecule has 5 heteroatoms. The van der Waals surface area contributed by atoms with E-state index in [1.54, 1.807) is 19.2 Å². The van der Waals surface area contributed by atoms with E-state index >= 15 is 0 Å². The van der Waals surface area contributed by atoms with Gasteiger partial charge in [-0.1, -0.05) is 41.9 Å². The number of methoxy groups -OCH3 is 1. The van der Waals surface area contributed by atoms with E-state index in [0.717, 1.165) is 18.5 Å². The topological polar surface area (TPSA) is 33.3 Å². The van der Waals surface area contributed by atoms with Crippen LogP contribution in [0.25, 0.3) is 0 Å². The summed E-state index contributed by atoms with van der Waals surface area (Å²) in [4.78, 5) is 0. The molecule has 0 saturated heterocycles. The molecule has 0 aromatic heterocycles. The van der Waals surface area contributed by atoms with E-state index in [4.69, 9.17) is 28.6 Å². The molecule has 0 spiro atoms. The van der Waals surface area contributed by atoms with Crippen LogP contribution in [0.4, 0.5) is 5.69 Å². The number of aryl methyl sites for hydroxylation is 1. The van der Waals surface area contributed by atoms with Crippen LogP contribution in [0, 0.1) is 0 Å². The van der Waals surface area contributed by atoms with Gasteiger partial charge in [-0.05, 0) is 55.7 Å². The first-order valence-corrected chi connectivity index (χ1v) is 8.32. The van der Waals surface area contributed by atoms with Crippen molar-refractivity contribution in [2.45, 2.75) is 25.8 Å². The van der Waals surface area contributed by atoms with Gasteiger partial charge < -0.3 is 15.4 Å². The van der Waals surface area contributed by atoms with E-state index in [2.05, 4.69) is 41.8 Å². The Morgan fingerprint density at radius 1 is 1.22 bits per heavy atom. The van der Waals surface area contributed by atoms with Crippen molar-refractivity contribution in [1.82, 2.24) is 5.32 Å². The minimum Gasteiger partial charge on any atom is -0.495 e. The van der Waals surface area contributed by atoms with E-state index in [1.165, 1.54) is 5.56 Å². The molecule has 0 aliphatic heterocycles. The first-order valence-electron chi connectivity index (χ1n) is 7.53. The third-order valence-corrected chi connectivity index (χ3v) is 3.95. The summed E-state index contributed by atoms with van der Waals surface area (Å²) < 4.78 is 5.30. The largest absolute Gasteiger partial charge is 0.495 e. The van der Waals surface area contributed by atoms with Gasteiger partial charge >= 0.3 is 0 Å². The van der Waals surface area contributed by atoms with Crippen molar-refractivity contribution in [1.29, 1.82) is 0 Å². The van der Waals surface area contributed by atoms with E-state index < -0.39 is 0 Å². The van der Waals surface area contributed by atoms with Crippen LogP contribution >= 0.6 is 23.8 Å². The summed E-state index contributed by atoms with van der Waals surface area (Å²) in [6, 6.07) is 16.1. The molecule has 0 heterocycles. The number of hydrogen-bond acceptors (Lipinski definition) is 2. The molecule has 0 saturated carbocycles. The van der Waals surface area contributed by atoms with Crippen LogP contribution in [-0.2, 0) is 6.42 Å². The lowest BCUT2D eigenvalue weighted by Crippen LogP contribution is -2.36. The molecular weight excluding hydrogens is 328 g/mol. The Labute approximate surface area is 148 Å². The zero-order valence-electron chi connectivity index (χ0n) is 13.3. The highest BCUT2D eigenvalue weighted by Crippen LogP contribution is 2.27. The Morgan fingerprint density at radius 2 is 1.96 bits per heavy atom. The molecule has 0 aliphatic carbocycles. The third-order valence-electron chi connectivity index (χ3n) is 3.50. The molecule has 2 aromatic carbocycles. The SMILES string of the molecule is COc1ccc(Cl)cc1NC(=S)NC(C)CCc1ccccc1. The van der Waals surface area contributed by atoms with Crippen LogP contribution < -0.4 is 15.4 Å². The Bertz CT molecular complexity index is 649. The van der Waals surface area contributed by atoms with E-state index in [9.17, 15) is 0 Å². The predicted molar refractivity (Wildman–Crippen MR) is 102 cm³/mol. The number of halogens is 1. The van der Waals surface area contributed by atoms with Gasteiger partial charge in [0.25, 0.3) is 0 Å². The zero-order chi connectivity index (χ0) is 16.7. The molecule has 1 atom stereocenters. The molecule has 0 amide bonds. The van der Waals surface area contributed by atoms with Crippen LogP contribution in [0.3, 0.4) is 0 Å². The van der Waals surface area contributed by atoms with Gasteiger partial charge in [-0.15, -0.1) is 0 Å². The van der Waals surface area contributed by atoms with Gasteiger partial charge in [0.15, 0.2) is 5.11 Å². The second kappa shape index (κ2) is 8.75. The highest BCUT2D eigenvalue weighted by atomic mass is 35.5. The maximum atomic E-state index is 6.02. The summed E-state index contributed by atoms with van der Waals surface area (Å²) in [7, 11) is 1.62. The molecule has 2 N–H and O–H groups in total. The quantitative estimate of drug-likeness (QED) is 0.744. The molecule has 2 aromatic rings. The second-order valence-electron chi connectivity index (χ2n) is 5.37. The molecule has 0 bridgehead atoms. The molecule has 0 fully saturated rings. The second-order valence-corrected chi connectivity index (χ2v) is 6.21. The molecule has 0 aliphatic rings. The highest BCUT2D eigenvalue weighted by molar-refractivity contribution is 7.80. The molecule has 122 valence electrons. The van der Waals surface area contributed by atoms with Crippen molar-refractivity contribution in [3.05, 3.63) is 59.1 Å². The Kier molecular flexibility index (Phi) is 6.68. The molecular formula is C18H21ClN2OS. The lowest BCUT2D eigenvalue weighted by atomic mass is 10.1. The van der Waals surface area contributed by atoms with Gasteiger partial charge in [-0.3, -0.25) is 0 Å². The van der Waals surface area contributed by atoms with Crippen LogP contribution in [0.15, 0.2) is 48.5 Å². The number of thiocarbonyl (C=S) groups is 1. The van der Waals surface area contributed by atoms with Crippen LogP contribution in [-0.4, -0.2) is 18.3 Å². The van der Waals surface area contributed by atoms with E-state index in [0.29, 0.717) is 15.9 Å². The first-order chi connectivity index (χ1) is 11.1. The maximum Gasteiger partial charge on any atom is 0.171 e. The van der Waals surface area contributed by atoms with Crippen molar-refractivity contribution in [2.75, 3.05) is 12.4 Å². The van der Waals surface area contributed by atoms with Crippen molar-refractivity contribution in [3.63, 3.8) is 0 Å². The van der Waals surface area contributed by atoms with Gasteiger partial charge in [0, 0.05) is 11.1 Å². The molecule has 1 unspecified atom stereocenters. The number of benzene rings is 2. The summed E-state index contributed by atoms with van der Waals surface area (Å²) in [5.74, 6) is 0.704. The van der Waals surface area contributed by atoms with Crippen molar-refractivity contribution in [2.24, 2.45) is 0 Å². The summed E-state index contributed by atoms with van der Waals surface area (Å²) >= 11 is 11.4. The van der Waals surface area contributed by atoms with Gasteiger partial charge in [-0.2, -0.15) is 0 Å². The van der Waals surface area contributed by atoms with Gasteiger partial charge in [0.1, 0.15) is 5.75 Å². The smallest absolute Gasteiger partial charge is 0.171 e. The lowest BCUT2D eigenvalue weighted by molar-refractivity contribution is 0.417. The Morgan fingerprint density at radius 3 is 2.65 bits per heavy atom. The maximum absolute atomic E-state index is 6.02. The fourth-order valence-electron chi connectivity index (χ4n) is 2.26. The molecule has 2 rings (SSSR count). The minimum atomic E-state index is 0.264. The van der Waals surface area contributed by atoms with Crippen LogP contribution in [0.1, 0.15) is 18.9 Å². The minimum absolute atomic E-state index is 0.264.